The van der Waals surface area contributed by atoms with Crippen LogP contribution in [0.15, 0.2) is 12.6 Å². The molecule has 1 heterocycles. The van der Waals surface area contributed by atoms with Crippen LogP contribution in [-0.4, -0.2) is 20.5 Å². The number of rotatable bonds is 3. The monoisotopic (exact) mass is 236 g/mol. The van der Waals surface area contributed by atoms with Gasteiger partial charge in [-0.05, 0) is 26.8 Å². The van der Waals surface area contributed by atoms with Crippen LogP contribution in [0.3, 0.4) is 0 Å². The molecule has 0 spiro atoms. The number of hydrogen-bond acceptors (Lipinski definition) is 1. The molecule has 1 aromatic carbocycles. The Balaban J connectivity index is 2.52. The Morgan fingerprint density at radius 1 is 1.59 bits per heavy atom. The fraction of sp³-hybridized carbons (Fsp3) is 0.385. The molecule has 0 aliphatic heterocycles. The van der Waals surface area contributed by atoms with E-state index in [1.165, 1.54) is 6.08 Å². The lowest BCUT2D eigenvalue weighted by molar-refractivity contribution is 0.0581. The van der Waals surface area contributed by atoms with Crippen LogP contribution >= 0.6 is 0 Å². The zero-order valence-electron chi connectivity index (χ0n) is 10.3. The Morgan fingerprint density at radius 3 is 2.76 bits per heavy atom. The Morgan fingerprint density at radius 2 is 2.24 bits per heavy atom. The van der Waals surface area contributed by atoms with Crippen molar-refractivity contribution in [3.8, 4) is 0 Å². The van der Waals surface area contributed by atoms with Crippen molar-refractivity contribution < 1.29 is 9.50 Å². The summed E-state index contributed by atoms with van der Waals surface area (Å²) in [6.07, 6.45) is 1.50. The molecule has 2 N–H and O–H groups in total. The van der Waals surface area contributed by atoms with Crippen molar-refractivity contribution in [1.82, 2.24) is 9.78 Å². The molecule has 0 unspecified atom stereocenters. The molecule has 0 radical (unpaired) electrons. The highest BCUT2D eigenvalue weighted by molar-refractivity contribution is 5.83. The van der Waals surface area contributed by atoms with Crippen molar-refractivity contribution in [2.75, 3.05) is 0 Å². The number of H-pyrrole nitrogens is 1. The summed E-state index contributed by atoms with van der Waals surface area (Å²) in [5.41, 5.74) is 1.94. The summed E-state index contributed by atoms with van der Waals surface area (Å²) < 4.78 is 15.7. The van der Waals surface area contributed by atoms with E-state index >= 15 is 0 Å². The molecule has 17 heavy (non-hydrogen) atoms. The molecule has 0 saturated carbocycles. The first kappa shape index (κ1) is 11.9. The lowest BCUT2D eigenvalue weighted by atomic mass is 10.1. The van der Waals surface area contributed by atoms with E-state index in [2.05, 4.69) is 11.7 Å². The maximum atomic E-state index is 13.9. The average Bonchev–Trinajstić information content (AvgIpc) is 2.18. The number of benzene rings is 1. The number of aromatic amines is 1. The highest BCUT2D eigenvalue weighted by Gasteiger charge is 2.20. The SMILES string of the molecule is C=Cc1cc2[nH]n(CC(C)(C)O)c2c(C)c1F. The van der Waals surface area contributed by atoms with Crippen molar-refractivity contribution in [3.63, 3.8) is 0 Å². The molecule has 0 atom stereocenters. The third-order valence-electron chi connectivity index (χ3n) is 2.78. The number of fused-ring (bicyclic) bond motifs is 1. The molecule has 0 amide bonds. The molecule has 0 aliphatic carbocycles. The summed E-state index contributed by atoms with van der Waals surface area (Å²) in [6.45, 7) is 9.17. The first-order valence-corrected chi connectivity index (χ1v) is 5.55. The minimum absolute atomic E-state index is 0.249. The zero-order valence-corrected chi connectivity index (χ0v) is 10.3. The normalized spacial score (nSPS) is 12.3. The van der Waals surface area contributed by atoms with E-state index in [1.54, 1.807) is 31.5 Å². The number of halogens is 1. The van der Waals surface area contributed by atoms with Gasteiger partial charge < -0.3 is 5.11 Å². The van der Waals surface area contributed by atoms with Crippen LogP contribution < -0.4 is 0 Å². The van der Waals surface area contributed by atoms with E-state index in [0.717, 1.165) is 11.0 Å². The van der Waals surface area contributed by atoms with Gasteiger partial charge in [0.05, 0.1) is 23.2 Å². The highest BCUT2D eigenvalue weighted by atomic mass is 19.1. The third-order valence-corrected chi connectivity index (χ3v) is 2.78. The van der Waals surface area contributed by atoms with E-state index in [0.29, 0.717) is 17.7 Å². The fourth-order valence-electron chi connectivity index (χ4n) is 2.05. The Labute approximate surface area is 99.5 Å². The van der Waals surface area contributed by atoms with E-state index < -0.39 is 5.60 Å². The number of nitrogens with zero attached hydrogens (tertiary/aromatic N) is 1. The third kappa shape index (κ3) is 2.00. The van der Waals surface area contributed by atoms with Gasteiger partial charge in [0.25, 0.3) is 0 Å². The molecule has 2 rings (SSSR count). The summed E-state index contributed by atoms with van der Waals surface area (Å²) in [6, 6.07) is 1.73. The average molecular weight is 236 g/mol. The van der Waals surface area contributed by atoms with Gasteiger partial charge in [0, 0.05) is 11.1 Å². The molecule has 0 saturated heterocycles. The molecule has 4 heteroatoms. The van der Waals surface area contributed by atoms with Crippen molar-refractivity contribution in [1.29, 1.82) is 0 Å². The van der Waals surface area contributed by atoms with E-state index in [-0.39, 0.29) is 5.82 Å². The van der Waals surface area contributed by atoms with Crippen LogP contribution in [0.25, 0.3) is 17.1 Å². The Kier molecular flexibility index (Phi) is 2.62. The number of nitrogens with one attached hydrogen (secondary N) is 1. The minimum atomic E-state index is -0.829. The molecule has 2 aromatic rings. The second-order valence-electron chi connectivity index (χ2n) is 5.02. The largest absolute Gasteiger partial charge is 0.389 e. The van der Waals surface area contributed by atoms with Crippen LogP contribution in [0.1, 0.15) is 25.0 Å². The van der Waals surface area contributed by atoms with Gasteiger partial charge in [-0.15, -0.1) is 0 Å². The predicted octanol–water partition coefficient (Wildman–Crippen LogP) is 2.83. The van der Waals surface area contributed by atoms with E-state index in [1.807, 2.05) is 0 Å². The van der Waals surface area contributed by atoms with Crippen LogP contribution in [0.5, 0.6) is 0 Å². The predicted molar refractivity (Wildman–Crippen MR) is 67.4 cm³/mol. The second kappa shape index (κ2) is 3.74. The van der Waals surface area contributed by atoms with Gasteiger partial charge in [-0.2, -0.15) is 0 Å². The molecular weight excluding hydrogens is 219 g/mol. The van der Waals surface area contributed by atoms with E-state index in [9.17, 15) is 9.50 Å². The van der Waals surface area contributed by atoms with Crippen molar-refractivity contribution in [3.05, 3.63) is 29.6 Å². The molecule has 0 bridgehead atoms. The lowest BCUT2D eigenvalue weighted by Crippen LogP contribution is -2.29. The van der Waals surface area contributed by atoms with Gasteiger partial charge in [0.15, 0.2) is 0 Å². The number of aryl methyl sites for hydroxylation is 1. The molecule has 0 fully saturated rings. The summed E-state index contributed by atoms with van der Waals surface area (Å²) in [5, 5.41) is 12.8. The van der Waals surface area contributed by atoms with Crippen LogP contribution in [-0.2, 0) is 6.54 Å². The van der Waals surface area contributed by atoms with Gasteiger partial charge >= 0.3 is 0 Å². The molecular formula is C13H17FN2O. The summed E-state index contributed by atoms with van der Waals surface area (Å²) in [5.74, 6) is -0.249. The fourth-order valence-corrected chi connectivity index (χ4v) is 2.05. The van der Waals surface area contributed by atoms with E-state index in [4.69, 9.17) is 0 Å². The van der Waals surface area contributed by atoms with Gasteiger partial charge in [-0.25, -0.2) is 4.39 Å². The van der Waals surface area contributed by atoms with Crippen molar-refractivity contribution in [2.24, 2.45) is 0 Å². The topological polar surface area (TPSA) is 41.0 Å². The van der Waals surface area contributed by atoms with Gasteiger partial charge in [0.1, 0.15) is 5.82 Å². The highest BCUT2D eigenvalue weighted by Crippen LogP contribution is 2.26. The summed E-state index contributed by atoms with van der Waals surface area (Å²) in [4.78, 5) is 0. The number of hydrogen-bond donors (Lipinski definition) is 2. The second-order valence-corrected chi connectivity index (χ2v) is 5.02. The molecule has 3 nitrogen and oxygen atoms in total. The molecule has 1 aromatic heterocycles. The van der Waals surface area contributed by atoms with Crippen LogP contribution in [0, 0.1) is 12.7 Å². The van der Waals surface area contributed by atoms with Crippen LogP contribution in [0.4, 0.5) is 4.39 Å². The standard InChI is InChI=1S/C13H17FN2O/c1-5-9-6-10-12(8(2)11(9)14)16(15-10)7-13(3,4)17/h5-6,15,17H,1,7H2,2-4H3. The first-order chi connectivity index (χ1) is 7.83. The van der Waals surface area contributed by atoms with Crippen molar-refractivity contribution in [2.45, 2.75) is 32.9 Å². The van der Waals surface area contributed by atoms with Gasteiger partial charge in [0.2, 0.25) is 0 Å². The maximum Gasteiger partial charge on any atom is 0.135 e. The summed E-state index contributed by atoms with van der Waals surface area (Å²) in [7, 11) is 0. The number of aliphatic hydroxyl groups is 1. The zero-order chi connectivity index (χ0) is 12.8. The van der Waals surface area contributed by atoms with Gasteiger partial charge in [-0.3, -0.25) is 9.78 Å². The Bertz CT molecular complexity index is 572. The Hall–Kier alpha value is -1.55. The smallest absolute Gasteiger partial charge is 0.135 e. The first-order valence-electron chi connectivity index (χ1n) is 5.55. The minimum Gasteiger partial charge on any atom is -0.389 e. The molecule has 0 aliphatic rings. The molecule has 92 valence electrons. The quantitative estimate of drug-likeness (QED) is 0.845. The number of aromatic nitrogens is 2. The maximum absolute atomic E-state index is 13.9. The lowest BCUT2D eigenvalue weighted by Gasteiger charge is -2.25. The van der Waals surface area contributed by atoms with Crippen LogP contribution in [0.2, 0.25) is 0 Å². The summed E-state index contributed by atoms with van der Waals surface area (Å²) >= 11 is 0. The van der Waals surface area contributed by atoms with Crippen molar-refractivity contribution >= 4 is 17.1 Å². The van der Waals surface area contributed by atoms with Gasteiger partial charge in [-0.1, -0.05) is 12.7 Å².